The lowest BCUT2D eigenvalue weighted by atomic mass is 10.0. The first-order valence-corrected chi connectivity index (χ1v) is 10.5. The first-order chi connectivity index (χ1) is 16.5. The molecular weight excluding hydrogens is 435 g/mol. The number of fused-ring (bicyclic) bond motifs is 1. The maximum atomic E-state index is 13.0. The number of hydrogen-bond acceptors (Lipinski definition) is 5. The van der Waals surface area contributed by atoms with Gasteiger partial charge in [-0.15, -0.1) is 0 Å². The minimum absolute atomic E-state index is 0.298. The lowest BCUT2D eigenvalue weighted by Gasteiger charge is -2.11. The number of hydrazone groups is 1. The highest BCUT2D eigenvalue weighted by molar-refractivity contribution is 6.04. The topological polar surface area (TPSA) is 77.0 Å². The van der Waals surface area contributed by atoms with E-state index in [9.17, 15) is 14.0 Å². The van der Waals surface area contributed by atoms with Gasteiger partial charge in [-0.1, -0.05) is 48.0 Å². The van der Waals surface area contributed by atoms with Crippen LogP contribution in [0.4, 0.5) is 4.39 Å². The van der Waals surface area contributed by atoms with E-state index in [1.165, 1.54) is 30.5 Å². The molecule has 1 amide bonds. The van der Waals surface area contributed by atoms with Crippen LogP contribution in [0.2, 0.25) is 0 Å². The van der Waals surface area contributed by atoms with Crippen LogP contribution in [0.3, 0.4) is 0 Å². The Balaban J connectivity index is 1.50. The van der Waals surface area contributed by atoms with Gasteiger partial charge < -0.3 is 9.47 Å². The molecule has 0 saturated carbocycles. The third kappa shape index (κ3) is 5.63. The maximum Gasteiger partial charge on any atom is 0.343 e. The van der Waals surface area contributed by atoms with E-state index in [4.69, 9.17) is 9.47 Å². The van der Waals surface area contributed by atoms with Gasteiger partial charge in [0.05, 0.1) is 11.8 Å². The normalized spacial score (nSPS) is 10.9. The molecule has 4 aromatic rings. The Morgan fingerprint density at radius 1 is 0.941 bits per heavy atom. The number of nitrogens with zero attached hydrogens (tertiary/aromatic N) is 1. The third-order valence-electron chi connectivity index (χ3n) is 4.99. The average Bonchev–Trinajstić information content (AvgIpc) is 2.85. The van der Waals surface area contributed by atoms with Gasteiger partial charge in [0.1, 0.15) is 17.3 Å². The molecule has 0 aromatic heterocycles. The van der Waals surface area contributed by atoms with Crippen LogP contribution in [0.15, 0.2) is 90.0 Å². The first-order valence-electron chi connectivity index (χ1n) is 10.5. The van der Waals surface area contributed by atoms with Crippen molar-refractivity contribution in [3.63, 3.8) is 0 Å². The number of benzene rings is 4. The zero-order valence-electron chi connectivity index (χ0n) is 18.3. The van der Waals surface area contributed by atoms with Crippen LogP contribution in [-0.4, -0.2) is 24.7 Å². The molecule has 0 aliphatic rings. The molecule has 6 nitrogen and oxygen atoms in total. The monoisotopic (exact) mass is 456 g/mol. The number of carbonyl (C=O) groups is 2. The molecule has 0 saturated heterocycles. The summed E-state index contributed by atoms with van der Waals surface area (Å²) in [7, 11) is 0. The second-order valence-electron chi connectivity index (χ2n) is 7.49. The van der Waals surface area contributed by atoms with Gasteiger partial charge in [-0.25, -0.2) is 14.6 Å². The fourth-order valence-corrected chi connectivity index (χ4v) is 3.23. The minimum Gasteiger partial charge on any atom is -0.484 e. The number of carbonyl (C=O) groups excluding carboxylic acids is 2. The Morgan fingerprint density at radius 3 is 2.44 bits per heavy atom. The van der Waals surface area contributed by atoms with Crippen LogP contribution in [0.5, 0.6) is 11.5 Å². The van der Waals surface area contributed by atoms with Gasteiger partial charge >= 0.3 is 5.97 Å². The number of rotatable bonds is 7. The molecule has 7 heteroatoms. The van der Waals surface area contributed by atoms with Crippen LogP contribution >= 0.6 is 0 Å². The molecule has 0 bridgehead atoms. The zero-order chi connectivity index (χ0) is 23.9. The molecule has 4 aromatic carbocycles. The highest BCUT2D eigenvalue weighted by Crippen LogP contribution is 2.27. The van der Waals surface area contributed by atoms with E-state index in [0.717, 1.165) is 16.3 Å². The van der Waals surface area contributed by atoms with E-state index in [1.807, 2.05) is 49.4 Å². The van der Waals surface area contributed by atoms with Crippen molar-refractivity contribution in [1.29, 1.82) is 0 Å². The zero-order valence-corrected chi connectivity index (χ0v) is 18.3. The minimum atomic E-state index is -0.501. The summed E-state index contributed by atoms with van der Waals surface area (Å²) in [6.45, 7) is 1.64. The van der Waals surface area contributed by atoms with Crippen LogP contribution in [0.1, 0.15) is 21.5 Å². The predicted molar refractivity (Wildman–Crippen MR) is 128 cm³/mol. The summed E-state index contributed by atoms with van der Waals surface area (Å²) in [6.07, 6.45) is 1.43. The second kappa shape index (κ2) is 10.4. The number of hydrogen-bond donors (Lipinski definition) is 1. The summed E-state index contributed by atoms with van der Waals surface area (Å²) in [5.41, 5.74) is 4.39. The lowest BCUT2D eigenvalue weighted by molar-refractivity contribution is -0.123. The first kappa shape index (κ1) is 22.7. The second-order valence-corrected chi connectivity index (χ2v) is 7.49. The van der Waals surface area contributed by atoms with Crippen molar-refractivity contribution in [2.45, 2.75) is 6.92 Å². The number of amides is 1. The molecular formula is C27H21FN2O4. The van der Waals surface area contributed by atoms with Crippen LogP contribution in [0.25, 0.3) is 10.8 Å². The Labute approximate surface area is 195 Å². The van der Waals surface area contributed by atoms with Crippen molar-refractivity contribution >= 4 is 28.9 Å². The van der Waals surface area contributed by atoms with Crippen LogP contribution in [0, 0.1) is 12.7 Å². The van der Waals surface area contributed by atoms with Gasteiger partial charge in [0.15, 0.2) is 6.61 Å². The van der Waals surface area contributed by atoms with Gasteiger partial charge in [0.2, 0.25) is 0 Å². The van der Waals surface area contributed by atoms with E-state index < -0.39 is 17.7 Å². The van der Waals surface area contributed by atoms with Crippen molar-refractivity contribution in [2.24, 2.45) is 5.10 Å². The number of nitrogens with one attached hydrogen (secondary N) is 1. The number of halogens is 1. The predicted octanol–water partition coefficient (Wildman–Crippen LogP) is 5.04. The smallest absolute Gasteiger partial charge is 0.343 e. The van der Waals surface area contributed by atoms with E-state index >= 15 is 0 Å². The summed E-state index contributed by atoms with van der Waals surface area (Å²) >= 11 is 0. The molecule has 0 aliphatic carbocycles. The molecule has 4 rings (SSSR count). The van der Waals surface area contributed by atoms with E-state index in [-0.39, 0.29) is 6.61 Å². The summed E-state index contributed by atoms with van der Waals surface area (Å²) < 4.78 is 23.9. The Bertz CT molecular complexity index is 1350. The summed E-state index contributed by atoms with van der Waals surface area (Å²) in [5, 5.41) is 5.74. The van der Waals surface area contributed by atoms with Crippen LogP contribution < -0.4 is 14.9 Å². The fourth-order valence-electron chi connectivity index (χ4n) is 3.23. The summed E-state index contributed by atoms with van der Waals surface area (Å²) in [6, 6.07) is 23.5. The van der Waals surface area contributed by atoms with Gasteiger partial charge in [-0.05, 0) is 60.2 Å². The van der Waals surface area contributed by atoms with Crippen molar-refractivity contribution in [3.8, 4) is 11.5 Å². The van der Waals surface area contributed by atoms with Gasteiger partial charge in [0.25, 0.3) is 5.91 Å². The molecule has 170 valence electrons. The van der Waals surface area contributed by atoms with E-state index in [2.05, 4.69) is 10.5 Å². The highest BCUT2D eigenvalue weighted by atomic mass is 19.1. The molecule has 0 aliphatic heterocycles. The third-order valence-corrected chi connectivity index (χ3v) is 4.99. The Kier molecular flexibility index (Phi) is 6.93. The van der Waals surface area contributed by atoms with Gasteiger partial charge in [-0.3, -0.25) is 4.79 Å². The number of esters is 1. The van der Waals surface area contributed by atoms with Gasteiger partial charge in [-0.2, -0.15) is 5.10 Å². The summed E-state index contributed by atoms with van der Waals surface area (Å²) in [4.78, 5) is 24.8. The maximum absolute atomic E-state index is 13.0. The standard InChI is InChI=1S/C27H21FN2O4/c1-18-6-8-20(9-7-18)27(32)34-25-15-10-19-4-2-3-5-23(19)24(25)16-29-30-26(31)17-33-22-13-11-21(28)12-14-22/h2-16H,17H2,1H3,(H,30,31)/b29-16+. The van der Waals surface area contributed by atoms with Crippen molar-refractivity contribution in [3.05, 3.63) is 107 Å². The quantitative estimate of drug-likeness (QED) is 0.183. The summed E-state index contributed by atoms with van der Waals surface area (Å²) in [5.74, 6) is -0.722. The van der Waals surface area contributed by atoms with Gasteiger partial charge in [0, 0.05) is 5.56 Å². The molecule has 1 N–H and O–H groups in total. The highest BCUT2D eigenvalue weighted by Gasteiger charge is 2.13. The molecule has 0 fully saturated rings. The number of ether oxygens (including phenoxy) is 2. The molecule has 34 heavy (non-hydrogen) atoms. The molecule has 0 radical (unpaired) electrons. The SMILES string of the molecule is Cc1ccc(C(=O)Oc2ccc3ccccc3c2/C=N/NC(=O)COc2ccc(F)cc2)cc1. The van der Waals surface area contributed by atoms with E-state index in [1.54, 1.807) is 18.2 Å². The van der Waals surface area contributed by atoms with Crippen LogP contribution in [-0.2, 0) is 4.79 Å². The molecule has 0 unspecified atom stereocenters. The fraction of sp³-hybridized carbons (Fsp3) is 0.0741. The molecule has 0 heterocycles. The average molecular weight is 456 g/mol. The number of aryl methyl sites for hydroxylation is 1. The lowest BCUT2D eigenvalue weighted by Crippen LogP contribution is -2.24. The molecule has 0 spiro atoms. The molecule has 0 atom stereocenters. The Hall–Kier alpha value is -4.52. The van der Waals surface area contributed by atoms with Crippen molar-refractivity contribution in [2.75, 3.05) is 6.61 Å². The van der Waals surface area contributed by atoms with Crippen molar-refractivity contribution in [1.82, 2.24) is 5.43 Å². The van der Waals surface area contributed by atoms with E-state index in [0.29, 0.717) is 22.6 Å². The van der Waals surface area contributed by atoms with Crippen molar-refractivity contribution < 1.29 is 23.5 Å². The largest absolute Gasteiger partial charge is 0.484 e. The Morgan fingerprint density at radius 2 is 1.68 bits per heavy atom.